The largest absolute Gasteiger partial charge is 0.358 e. The van der Waals surface area contributed by atoms with Crippen molar-refractivity contribution in [2.45, 2.75) is 13.3 Å². The minimum atomic E-state index is -0.196. The summed E-state index contributed by atoms with van der Waals surface area (Å²) in [6, 6.07) is 3.20. The summed E-state index contributed by atoms with van der Waals surface area (Å²) >= 11 is 3.42. The summed E-state index contributed by atoms with van der Waals surface area (Å²) in [4.78, 5) is 2.94. The van der Waals surface area contributed by atoms with Gasteiger partial charge in [0.2, 0.25) is 0 Å². The predicted octanol–water partition coefficient (Wildman–Crippen LogP) is 3.63. The van der Waals surface area contributed by atoms with Crippen LogP contribution in [-0.2, 0) is 6.42 Å². The summed E-state index contributed by atoms with van der Waals surface area (Å²) in [5, 5.41) is 0.961. The minimum absolute atomic E-state index is 0.196. The Morgan fingerprint density at radius 3 is 2.92 bits per heavy atom. The second-order valence-corrected chi connectivity index (χ2v) is 3.80. The molecule has 0 radical (unpaired) electrons. The Kier molecular flexibility index (Phi) is 2.12. The highest BCUT2D eigenvalue weighted by Crippen LogP contribution is 2.28. The van der Waals surface area contributed by atoms with Crippen molar-refractivity contribution in [1.29, 1.82) is 0 Å². The number of hydrogen-bond donors (Lipinski definition) is 1. The Morgan fingerprint density at radius 2 is 2.23 bits per heavy atom. The van der Waals surface area contributed by atoms with E-state index in [1.165, 1.54) is 6.07 Å². The molecular weight excluding hydrogens is 233 g/mol. The molecule has 0 aliphatic carbocycles. The first-order valence-electron chi connectivity index (χ1n) is 4.18. The van der Waals surface area contributed by atoms with E-state index in [4.69, 9.17) is 0 Å². The number of aromatic nitrogens is 1. The molecule has 1 N–H and O–H groups in total. The molecule has 3 heteroatoms. The third kappa shape index (κ3) is 1.27. The average molecular weight is 242 g/mol. The van der Waals surface area contributed by atoms with Crippen LogP contribution in [0.4, 0.5) is 4.39 Å². The zero-order valence-corrected chi connectivity index (χ0v) is 8.78. The number of aryl methyl sites for hydroxylation is 1. The van der Waals surface area contributed by atoms with Crippen molar-refractivity contribution in [2.75, 3.05) is 0 Å². The van der Waals surface area contributed by atoms with Crippen LogP contribution in [0.2, 0.25) is 0 Å². The molecule has 2 aromatic rings. The smallest absolute Gasteiger partial charge is 0.147 e. The van der Waals surface area contributed by atoms with Gasteiger partial charge in [0.05, 0.1) is 5.52 Å². The summed E-state index contributed by atoms with van der Waals surface area (Å²) in [7, 11) is 0. The highest BCUT2D eigenvalue weighted by Gasteiger charge is 2.09. The Bertz CT molecular complexity index is 447. The molecule has 1 heterocycles. The maximum absolute atomic E-state index is 13.3. The molecule has 2 rings (SSSR count). The quantitative estimate of drug-likeness (QED) is 0.785. The fraction of sp³-hybridized carbons (Fsp3) is 0.200. The lowest BCUT2D eigenvalue weighted by atomic mass is 10.1. The van der Waals surface area contributed by atoms with Crippen LogP contribution in [0.15, 0.2) is 22.8 Å². The first-order chi connectivity index (χ1) is 6.24. The van der Waals surface area contributed by atoms with Gasteiger partial charge in [-0.2, -0.15) is 0 Å². The van der Waals surface area contributed by atoms with Crippen molar-refractivity contribution < 1.29 is 4.39 Å². The monoisotopic (exact) mass is 241 g/mol. The first kappa shape index (κ1) is 8.75. The average Bonchev–Trinajstić information content (AvgIpc) is 2.56. The van der Waals surface area contributed by atoms with Gasteiger partial charge in [0, 0.05) is 16.1 Å². The lowest BCUT2D eigenvalue weighted by molar-refractivity contribution is 0.637. The van der Waals surface area contributed by atoms with Gasteiger partial charge in [-0.3, -0.25) is 0 Å². The molecule has 0 bridgehead atoms. The van der Waals surface area contributed by atoms with Crippen LogP contribution in [0.5, 0.6) is 0 Å². The number of nitrogens with one attached hydrogen (secondary N) is 1. The van der Waals surface area contributed by atoms with E-state index in [0.717, 1.165) is 21.8 Å². The van der Waals surface area contributed by atoms with Gasteiger partial charge in [0.25, 0.3) is 0 Å². The van der Waals surface area contributed by atoms with E-state index in [0.29, 0.717) is 5.52 Å². The molecule has 68 valence electrons. The number of benzene rings is 1. The number of hydrogen-bond acceptors (Lipinski definition) is 0. The van der Waals surface area contributed by atoms with Crippen LogP contribution in [-0.4, -0.2) is 4.98 Å². The molecule has 0 amide bonds. The van der Waals surface area contributed by atoms with Crippen LogP contribution in [0.25, 0.3) is 10.9 Å². The Labute approximate surface area is 84.1 Å². The summed E-state index contributed by atoms with van der Waals surface area (Å²) in [5.74, 6) is -0.196. The zero-order valence-electron chi connectivity index (χ0n) is 7.20. The van der Waals surface area contributed by atoms with Gasteiger partial charge in [-0.05, 0) is 24.1 Å². The van der Waals surface area contributed by atoms with Crippen LogP contribution in [0, 0.1) is 5.82 Å². The lowest BCUT2D eigenvalue weighted by Gasteiger charge is -1.98. The third-order valence-corrected chi connectivity index (χ3v) is 2.86. The second kappa shape index (κ2) is 3.14. The van der Waals surface area contributed by atoms with E-state index in [2.05, 4.69) is 27.8 Å². The Balaban J connectivity index is 2.87. The molecule has 0 saturated heterocycles. The Hall–Kier alpha value is -0.830. The number of halogens is 2. The highest BCUT2D eigenvalue weighted by atomic mass is 79.9. The first-order valence-corrected chi connectivity index (χ1v) is 4.97. The van der Waals surface area contributed by atoms with Crippen LogP contribution in [0.3, 0.4) is 0 Å². The maximum atomic E-state index is 13.3. The zero-order chi connectivity index (χ0) is 9.42. The SMILES string of the molecule is CCc1c[nH]c2c(F)ccc(Br)c12. The predicted molar refractivity (Wildman–Crippen MR) is 55.3 cm³/mol. The molecule has 0 fully saturated rings. The molecule has 0 saturated carbocycles. The van der Waals surface area contributed by atoms with E-state index in [1.807, 2.05) is 6.20 Å². The summed E-state index contributed by atoms with van der Waals surface area (Å²) in [6.45, 7) is 2.06. The summed E-state index contributed by atoms with van der Waals surface area (Å²) < 4.78 is 14.2. The maximum Gasteiger partial charge on any atom is 0.147 e. The Morgan fingerprint density at radius 1 is 1.46 bits per heavy atom. The van der Waals surface area contributed by atoms with Gasteiger partial charge in [0.1, 0.15) is 5.82 Å². The van der Waals surface area contributed by atoms with Crippen molar-refractivity contribution in [3.05, 3.63) is 34.2 Å². The molecule has 1 aromatic carbocycles. The van der Waals surface area contributed by atoms with Crippen molar-refractivity contribution in [2.24, 2.45) is 0 Å². The van der Waals surface area contributed by atoms with Gasteiger partial charge in [-0.1, -0.05) is 22.9 Å². The number of aromatic amines is 1. The van der Waals surface area contributed by atoms with Gasteiger partial charge in [-0.15, -0.1) is 0 Å². The third-order valence-electron chi connectivity index (χ3n) is 2.20. The summed E-state index contributed by atoms with van der Waals surface area (Å²) in [5.41, 5.74) is 1.73. The van der Waals surface area contributed by atoms with Crippen LogP contribution >= 0.6 is 15.9 Å². The molecule has 0 unspecified atom stereocenters. The van der Waals surface area contributed by atoms with Crippen molar-refractivity contribution in [1.82, 2.24) is 4.98 Å². The van der Waals surface area contributed by atoms with Crippen molar-refractivity contribution in [3.8, 4) is 0 Å². The lowest BCUT2D eigenvalue weighted by Crippen LogP contribution is -1.80. The molecule has 1 nitrogen and oxygen atoms in total. The molecule has 0 aliphatic rings. The van der Waals surface area contributed by atoms with Crippen LogP contribution in [0.1, 0.15) is 12.5 Å². The van der Waals surface area contributed by atoms with Gasteiger partial charge in [0.15, 0.2) is 0 Å². The van der Waals surface area contributed by atoms with Gasteiger partial charge < -0.3 is 4.98 Å². The molecule has 1 aromatic heterocycles. The van der Waals surface area contributed by atoms with E-state index in [9.17, 15) is 4.39 Å². The van der Waals surface area contributed by atoms with Gasteiger partial charge in [-0.25, -0.2) is 4.39 Å². The topological polar surface area (TPSA) is 15.8 Å². The highest BCUT2D eigenvalue weighted by molar-refractivity contribution is 9.10. The number of rotatable bonds is 1. The van der Waals surface area contributed by atoms with E-state index >= 15 is 0 Å². The van der Waals surface area contributed by atoms with Crippen LogP contribution < -0.4 is 0 Å². The molecule has 0 atom stereocenters. The fourth-order valence-corrected chi connectivity index (χ4v) is 2.10. The standard InChI is InChI=1S/C10H9BrFN/c1-2-6-5-13-10-8(12)4-3-7(11)9(6)10/h3-5,13H,2H2,1H3. The summed E-state index contributed by atoms with van der Waals surface area (Å²) in [6.07, 6.45) is 2.76. The fourth-order valence-electron chi connectivity index (χ4n) is 1.52. The van der Waals surface area contributed by atoms with E-state index < -0.39 is 0 Å². The van der Waals surface area contributed by atoms with Crippen molar-refractivity contribution >= 4 is 26.8 Å². The van der Waals surface area contributed by atoms with E-state index in [1.54, 1.807) is 6.07 Å². The molecule has 0 aliphatic heterocycles. The van der Waals surface area contributed by atoms with E-state index in [-0.39, 0.29) is 5.82 Å². The molecule has 0 spiro atoms. The van der Waals surface area contributed by atoms with Crippen molar-refractivity contribution in [3.63, 3.8) is 0 Å². The normalized spacial score (nSPS) is 11.0. The minimum Gasteiger partial charge on any atom is -0.358 e. The number of H-pyrrole nitrogens is 1. The molecule has 13 heavy (non-hydrogen) atoms. The molecular formula is C10H9BrFN. The number of fused-ring (bicyclic) bond motifs is 1. The second-order valence-electron chi connectivity index (χ2n) is 2.95. The van der Waals surface area contributed by atoms with Gasteiger partial charge >= 0.3 is 0 Å².